The van der Waals surface area contributed by atoms with Gasteiger partial charge in [-0.15, -0.1) is 12.4 Å². The lowest BCUT2D eigenvalue weighted by Gasteiger charge is -2.10. The molecule has 7 nitrogen and oxygen atoms in total. The van der Waals surface area contributed by atoms with Crippen LogP contribution in [0.1, 0.15) is 60.3 Å². The Hall–Kier alpha value is -1.70. The fourth-order valence-electron chi connectivity index (χ4n) is 2.81. The quantitative estimate of drug-likeness (QED) is 0.648. The molecule has 0 aromatic carbocycles. The molecule has 8 heteroatoms. The molecule has 0 aliphatic heterocycles. The normalized spacial score (nSPS) is 13.8. The van der Waals surface area contributed by atoms with Crippen LogP contribution in [0.5, 0.6) is 0 Å². The molecular weight excluding hydrogens is 356 g/mol. The predicted molar refractivity (Wildman–Crippen MR) is 102 cm³/mol. The van der Waals surface area contributed by atoms with Crippen molar-refractivity contribution in [1.29, 1.82) is 0 Å². The van der Waals surface area contributed by atoms with Gasteiger partial charge in [0.05, 0.1) is 23.3 Å². The zero-order chi connectivity index (χ0) is 17.8. The average Bonchev–Trinajstić information content (AvgIpc) is 3.35. The van der Waals surface area contributed by atoms with Crippen molar-refractivity contribution in [3.05, 3.63) is 23.0 Å². The zero-order valence-electron chi connectivity index (χ0n) is 15.5. The van der Waals surface area contributed by atoms with Crippen LogP contribution in [0.15, 0.2) is 10.6 Å². The Kier molecular flexibility index (Phi) is 7.37. The third-order valence-corrected chi connectivity index (χ3v) is 4.35. The van der Waals surface area contributed by atoms with E-state index in [1.54, 1.807) is 7.11 Å². The molecule has 1 saturated carbocycles. The third kappa shape index (κ3) is 4.72. The summed E-state index contributed by atoms with van der Waals surface area (Å²) < 4.78 is 10.4. The molecule has 0 bridgehead atoms. The molecule has 0 unspecified atom stereocenters. The second-order valence-electron chi connectivity index (χ2n) is 6.77. The van der Waals surface area contributed by atoms with E-state index in [9.17, 15) is 4.79 Å². The fourth-order valence-corrected chi connectivity index (χ4v) is 2.81. The van der Waals surface area contributed by atoms with E-state index in [1.165, 1.54) is 0 Å². The number of carbonyl (C=O) groups is 1. The Bertz CT molecular complexity index is 743. The molecule has 2 heterocycles. The van der Waals surface area contributed by atoms with Gasteiger partial charge in [-0.25, -0.2) is 4.98 Å². The van der Waals surface area contributed by atoms with Crippen LogP contribution >= 0.6 is 12.4 Å². The first-order valence-corrected chi connectivity index (χ1v) is 8.90. The molecule has 1 aliphatic rings. The summed E-state index contributed by atoms with van der Waals surface area (Å²) in [7, 11) is 1.67. The van der Waals surface area contributed by atoms with Crippen LogP contribution in [0.2, 0.25) is 0 Å². The molecule has 144 valence electrons. The summed E-state index contributed by atoms with van der Waals surface area (Å²) in [6, 6.07) is 1.91. The number of methoxy groups -OCH3 is 1. The molecule has 0 saturated heterocycles. The third-order valence-electron chi connectivity index (χ3n) is 4.35. The van der Waals surface area contributed by atoms with E-state index in [0.717, 1.165) is 36.2 Å². The molecule has 0 spiro atoms. The number of nitrogens with one attached hydrogen (secondary N) is 2. The maximum atomic E-state index is 12.8. The predicted octanol–water partition coefficient (Wildman–Crippen LogP) is 2.61. The molecule has 26 heavy (non-hydrogen) atoms. The Morgan fingerprint density at radius 2 is 2.12 bits per heavy atom. The summed E-state index contributed by atoms with van der Waals surface area (Å²) in [5, 5.41) is 11.1. The number of ether oxygens (including phenoxy) is 1. The number of hydrogen-bond donors (Lipinski definition) is 2. The second-order valence-corrected chi connectivity index (χ2v) is 6.77. The van der Waals surface area contributed by atoms with Crippen LogP contribution in [0.4, 0.5) is 0 Å². The first-order valence-electron chi connectivity index (χ1n) is 8.90. The molecule has 1 aliphatic carbocycles. The number of pyridine rings is 1. The lowest BCUT2D eigenvalue weighted by Crippen LogP contribution is -2.33. The van der Waals surface area contributed by atoms with E-state index in [4.69, 9.17) is 9.26 Å². The van der Waals surface area contributed by atoms with Crippen LogP contribution in [-0.4, -0.2) is 49.4 Å². The number of aromatic nitrogens is 2. The van der Waals surface area contributed by atoms with Crippen LogP contribution in [0, 0.1) is 0 Å². The van der Waals surface area contributed by atoms with Gasteiger partial charge in [0.1, 0.15) is 0 Å². The monoisotopic (exact) mass is 382 g/mol. The van der Waals surface area contributed by atoms with Crippen molar-refractivity contribution in [2.24, 2.45) is 0 Å². The lowest BCUT2D eigenvalue weighted by atomic mass is 10.0. The lowest BCUT2D eigenvalue weighted by molar-refractivity contribution is 0.0955. The number of nitrogens with zero attached hydrogens (tertiary/aromatic N) is 2. The zero-order valence-corrected chi connectivity index (χ0v) is 16.3. The van der Waals surface area contributed by atoms with E-state index in [2.05, 4.69) is 20.8 Å². The molecule has 2 aromatic heterocycles. The highest BCUT2D eigenvalue weighted by Crippen LogP contribution is 2.41. The highest BCUT2D eigenvalue weighted by atomic mass is 35.5. The molecule has 1 fully saturated rings. The largest absolute Gasteiger partial charge is 0.383 e. The van der Waals surface area contributed by atoms with Crippen LogP contribution in [-0.2, 0) is 4.74 Å². The summed E-state index contributed by atoms with van der Waals surface area (Å²) in [5.41, 5.74) is 2.81. The van der Waals surface area contributed by atoms with E-state index in [1.807, 2.05) is 19.9 Å². The van der Waals surface area contributed by atoms with Gasteiger partial charge in [-0.1, -0.05) is 19.0 Å². The Morgan fingerprint density at radius 3 is 2.77 bits per heavy atom. The van der Waals surface area contributed by atoms with Crippen molar-refractivity contribution < 1.29 is 14.1 Å². The van der Waals surface area contributed by atoms with Gasteiger partial charge in [-0.05, 0) is 24.8 Å². The maximum absolute atomic E-state index is 12.8. The molecule has 3 rings (SSSR count). The standard InChI is InChI=1S/C18H26N4O3.ClH/c1-11(2)16-15-13(17(23)20-7-6-19-8-9-24-3)10-14(12-4-5-12)21-18(15)25-22-16;/h10-12,19H,4-9H2,1-3H3,(H,20,23);1H. The first-order chi connectivity index (χ1) is 12.1. The Morgan fingerprint density at radius 1 is 1.35 bits per heavy atom. The summed E-state index contributed by atoms with van der Waals surface area (Å²) >= 11 is 0. The van der Waals surface area contributed by atoms with Gasteiger partial charge in [0.2, 0.25) is 0 Å². The van der Waals surface area contributed by atoms with Gasteiger partial charge < -0.3 is 19.9 Å². The van der Waals surface area contributed by atoms with Gasteiger partial charge >= 0.3 is 0 Å². The molecule has 2 aromatic rings. The van der Waals surface area contributed by atoms with E-state index < -0.39 is 0 Å². The van der Waals surface area contributed by atoms with E-state index in [-0.39, 0.29) is 24.2 Å². The fraction of sp³-hybridized carbons (Fsp3) is 0.611. The Labute approximate surface area is 159 Å². The summed E-state index contributed by atoms with van der Waals surface area (Å²) in [6.07, 6.45) is 2.24. The van der Waals surface area contributed by atoms with E-state index in [0.29, 0.717) is 36.9 Å². The van der Waals surface area contributed by atoms with Crippen LogP contribution in [0.25, 0.3) is 11.1 Å². The van der Waals surface area contributed by atoms with Crippen molar-refractivity contribution >= 4 is 29.4 Å². The van der Waals surface area contributed by atoms with Crippen molar-refractivity contribution in [1.82, 2.24) is 20.8 Å². The summed E-state index contributed by atoms with van der Waals surface area (Å²) in [4.78, 5) is 17.3. The SMILES string of the molecule is COCCNCCNC(=O)c1cc(C2CC2)nc2onc(C(C)C)c12.Cl. The molecular formula is C18H27ClN4O3. The minimum Gasteiger partial charge on any atom is -0.383 e. The minimum absolute atomic E-state index is 0. The number of amides is 1. The molecule has 0 radical (unpaired) electrons. The van der Waals surface area contributed by atoms with Gasteiger partial charge in [-0.2, -0.15) is 0 Å². The smallest absolute Gasteiger partial charge is 0.259 e. The van der Waals surface area contributed by atoms with Crippen molar-refractivity contribution in [3.8, 4) is 0 Å². The molecule has 2 N–H and O–H groups in total. The van der Waals surface area contributed by atoms with Gasteiger partial charge in [0.25, 0.3) is 11.6 Å². The highest BCUT2D eigenvalue weighted by Gasteiger charge is 2.29. The van der Waals surface area contributed by atoms with E-state index >= 15 is 0 Å². The topological polar surface area (TPSA) is 89.3 Å². The second kappa shape index (κ2) is 9.30. The summed E-state index contributed by atoms with van der Waals surface area (Å²) in [5.74, 6) is 0.504. The van der Waals surface area contributed by atoms with Gasteiger partial charge in [0, 0.05) is 38.4 Å². The number of rotatable bonds is 9. The number of halogens is 1. The van der Waals surface area contributed by atoms with Gasteiger partial charge in [-0.3, -0.25) is 4.79 Å². The molecule has 0 atom stereocenters. The summed E-state index contributed by atoms with van der Waals surface area (Å²) in [6.45, 7) is 6.73. The average molecular weight is 383 g/mol. The number of hydrogen-bond acceptors (Lipinski definition) is 6. The van der Waals surface area contributed by atoms with Crippen molar-refractivity contribution in [2.45, 2.75) is 38.5 Å². The first kappa shape index (κ1) is 20.6. The maximum Gasteiger partial charge on any atom is 0.259 e. The minimum atomic E-state index is -0.104. The van der Waals surface area contributed by atoms with Gasteiger partial charge in [0.15, 0.2) is 0 Å². The number of fused-ring (bicyclic) bond motifs is 1. The number of carbonyl (C=O) groups excluding carboxylic acids is 1. The van der Waals surface area contributed by atoms with Crippen LogP contribution in [0.3, 0.4) is 0 Å². The van der Waals surface area contributed by atoms with Crippen molar-refractivity contribution in [2.75, 3.05) is 33.4 Å². The Balaban J connectivity index is 0.00000243. The van der Waals surface area contributed by atoms with Crippen molar-refractivity contribution in [3.63, 3.8) is 0 Å². The highest BCUT2D eigenvalue weighted by molar-refractivity contribution is 6.06. The van der Waals surface area contributed by atoms with Crippen LogP contribution < -0.4 is 10.6 Å². The molecule has 1 amide bonds.